The molecule has 3 N–H and O–H groups in total. The SMILES string of the molecule is C[C@@H](Cc1ccc(Cl)cc1Cl)C(=O)NCc1nccc(N)n1. The summed E-state index contributed by atoms with van der Waals surface area (Å²) in [6, 6.07) is 6.85. The van der Waals surface area contributed by atoms with Crippen LogP contribution in [0.3, 0.4) is 0 Å². The molecule has 116 valence electrons. The Hall–Kier alpha value is -1.85. The molecule has 0 aliphatic rings. The Morgan fingerprint density at radius 1 is 1.36 bits per heavy atom. The lowest BCUT2D eigenvalue weighted by Gasteiger charge is -2.13. The molecule has 0 fully saturated rings. The number of nitrogens with one attached hydrogen (secondary N) is 1. The number of nitrogens with two attached hydrogens (primary N) is 1. The van der Waals surface area contributed by atoms with Gasteiger partial charge in [-0.3, -0.25) is 4.79 Å². The standard InChI is InChI=1S/C15H16Cl2N4O/c1-9(6-10-2-3-11(16)7-12(10)17)15(22)20-8-14-19-5-4-13(18)21-14/h2-5,7,9H,6,8H2,1H3,(H,20,22)(H2,18,19,21)/t9-/m0/s1. The molecule has 0 spiro atoms. The van der Waals surface area contributed by atoms with Gasteiger partial charge in [0.1, 0.15) is 11.6 Å². The van der Waals surface area contributed by atoms with Gasteiger partial charge in [-0.1, -0.05) is 36.2 Å². The number of aromatic nitrogens is 2. The highest BCUT2D eigenvalue weighted by molar-refractivity contribution is 6.35. The van der Waals surface area contributed by atoms with Crippen LogP contribution in [0, 0.1) is 5.92 Å². The lowest BCUT2D eigenvalue weighted by Crippen LogP contribution is -2.30. The van der Waals surface area contributed by atoms with E-state index < -0.39 is 0 Å². The van der Waals surface area contributed by atoms with Crippen LogP contribution in [0.25, 0.3) is 0 Å². The third-order valence-corrected chi connectivity index (χ3v) is 3.72. The maximum Gasteiger partial charge on any atom is 0.223 e. The van der Waals surface area contributed by atoms with Gasteiger partial charge < -0.3 is 11.1 Å². The van der Waals surface area contributed by atoms with Crippen molar-refractivity contribution in [1.29, 1.82) is 0 Å². The van der Waals surface area contributed by atoms with Crippen LogP contribution in [0.2, 0.25) is 10.0 Å². The highest BCUT2D eigenvalue weighted by atomic mass is 35.5. The van der Waals surface area contributed by atoms with Crippen LogP contribution >= 0.6 is 23.2 Å². The topological polar surface area (TPSA) is 80.9 Å². The Morgan fingerprint density at radius 2 is 2.14 bits per heavy atom. The summed E-state index contributed by atoms with van der Waals surface area (Å²) in [5.41, 5.74) is 6.45. The summed E-state index contributed by atoms with van der Waals surface area (Å²) in [5.74, 6) is 0.516. The molecule has 1 aromatic carbocycles. The average molecular weight is 339 g/mol. The fourth-order valence-electron chi connectivity index (χ4n) is 1.95. The molecule has 1 heterocycles. The Bertz CT molecular complexity index is 678. The molecule has 1 aromatic heterocycles. The zero-order chi connectivity index (χ0) is 16.1. The van der Waals surface area contributed by atoms with Gasteiger partial charge in [0, 0.05) is 22.2 Å². The van der Waals surface area contributed by atoms with Crippen LogP contribution in [-0.4, -0.2) is 15.9 Å². The summed E-state index contributed by atoms with van der Waals surface area (Å²) >= 11 is 12.0. The van der Waals surface area contributed by atoms with Crippen LogP contribution in [0.15, 0.2) is 30.5 Å². The van der Waals surface area contributed by atoms with Gasteiger partial charge in [0.25, 0.3) is 0 Å². The number of nitrogens with zero attached hydrogens (tertiary/aromatic N) is 2. The second-order valence-corrected chi connectivity index (χ2v) is 5.80. The van der Waals surface area contributed by atoms with Gasteiger partial charge in [0.2, 0.25) is 5.91 Å². The minimum atomic E-state index is -0.236. The van der Waals surface area contributed by atoms with E-state index in [1.807, 2.05) is 13.0 Å². The van der Waals surface area contributed by atoms with E-state index in [0.29, 0.717) is 28.1 Å². The van der Waals surface area contributed by atoms with E-state index in [9.17, 15) is 4.79 Å². The minimum Gasteiger partial charge on any atom is -0.384 e. The molecule has 0 saturated heterocycles. The first-order valence-electron chi connectivity index (χ1n) is 6.74. The zero-order valence-corrected chi connectivity index (χ0v) is 13.5. The van der Waals surface area contributed by atoms with E-state index in [-0.39, 0.29) is 18.4 Å². The number of halogens is 2. The van der Waals surface area contributed by atoms with Crippen molar-refractivity contribution in [3.05, 3.63) is 51.9 Å². The lowest BCUT2D eigenvalue weighted by molar-refractivity contribution is -0.124. The van der Waals surface area contributed by atoms with Gasteiger partial charge in [0.15, 0.2) is 0 Å². The van der Waals surface area contributed by atoms with Crippen molar-refractivity contribution >= 4 is 34.9 Å². The van der Waals surface area contributed by atoms with Crippen molar-refractivity contribution < 1.29 is 4.79 Å². The Labute approximate surface area is 138 Å². The fourth-order valence-corrected chi connectivity index (χ4v) is 2.44. The monoisotopic (exact) mass is 338 g/mol. The molecule has 1 amide bonds. The Morgan fingerprint density at radius 3 is 2.82 bits per heavy atom. The number of carbonyl (C=O) groups is 1. The molecule has 0 radical (unpaired) electrons. The average Bonchev–Trinajstić information content (AvgIpc) is 2.47. The summed E-state index contributed by atoms with van der Waals surface area (Å²) in [6.07, 6.45) is 2.08. The zero-order valence-electron chi connectivity index (χ0n) is 12.0. The number of hydrogen-bond donors (Lipinski definition) is 2. The van der Waals surface area contributed by atoms with Gasteiger partial charge in [-0.25, -0.2) is 9.97 Å². The summed E-state index contributed by atoms with van der Waals surface area (Å²) in [7, 11) is 0. The molecule has 0 unspecified atom stereocenters. The molecule has 0 bridgehead atoms. The molecule has 0 aliphatic heterocycles. The van der Waals surface area contributed by atoms with E-state index in [1.54, 1.807) is 24.4 Å². The Kier molecular flexibility index (Phi) is 5.57. The van der Waals surface area contributed by atoms with Crippen LogP contribution in [0.5, 0.6) is 0 Å². The fraction of sp³-hybridized carbons (Fsp3) is 0.267. The predicted octanol–water partition coefficient (Wildman–Crippen LogP) is 2.86. The van der Waals surface area contributed by atoms with Crippen molar-refractivity contribution in [1.82, 2.24) is 15.3 Å². The maximum absolute atomic E-state index is 12.1. The molecular weight excluding hydrogens is 323 g/mol. The maximum atomic E-state index is 12.1. The van der Waals surface area contributed by atoms with E-state index in [2.05, 4.69) is 15.3 Å². The third kappa shape index (κ3) is 4.58. The highest BCUT2D eigenvalue weighted by Crippen LogP contribution is 2.23. The number of benzene rings is 1. The molecule has 5 nitrogen and oxygen atoms in total. The molecular formula is C15H16Cl2N4O. The quantitative estimate of drug-likeness (QED) is 0.878. The van der Waals surface area contributed by atoms with Crippen molar-refractivity contribution in [2.45, 2.75) is 19.9 Å². The molecule has 22 heavy (non-hydrogen) atoms. The van der Waals surface area contributed by atoms with E-state index in [1.165, 1.54) is 0 Å². The Balaban J connectivity index is 1.92. The number of amides is 1. The van der Waals surface area contributed by atoms with Gasteiger partial charge in [-0.05, 0) is 30.2 Å². The number of rotatable bonds is 5. The first kappa shape index (κ1) is 16.5. The lowest BCUT2D eigenvalue weighted by atomic mass is 10.0. The smallest absolute Gasteiger partial charge is 0.223 e. The van der Waals surface area contributed by atoms with Gasteiger partial charge in [-0.15, -0.1) is 0 Å². The predicted molar refractivity (Wildman–Crippen MR) is 87.6 cm³/mol. The highest BCUT2D eigenvalue weighted by Gasteiger charge is 2.15. The minimum absolute atomic E-state index is 0.1000. The van der Waals surface area contributed by atoms with Crippen LogP contribution in [0.1, 0.15) is 18.3 Å². The van der Waals surface area contributed by atoms with Crippen molar-refractivity contribution in [2.24, 2.45) is 5.92 Å². The van der Waals surface area contributed by atoms with E-state index in [0.717, 1.165) is 5.56 Å². The normalized spacial score (nSPS) is 12.0. The van der Waals surface area contributed by atoms with Crippen molar-refractivity contribution in [3.8, 4) is 0 Å². The molecule has 2 aromatic rings. The van der Waals surface area contributed by atoms with E-state index in [4.69, 9.17) is 28.9 Å². The van der Waals surface area contributed by atoms with Crippen LogP contribution < -0.4 is 11.1 Å². The molecule has 1 atom stereocenters. The summed E-state index contributed by atoms with van der Waals surface area (Å²) in [5, 5.41) is 3.92. The summed E-state index contributed by atoms with van der Waals surface area (Å²) < 4.78 is 0. The number of hydrogen-bond acceptors (Lipinski definition) is 4. The third-order valence-electron chi connectivity index (χ3n) is 3.14. The van der Waals surface area contributed by atoms with Crippen LogP contribution in [0.4, 0.5) is 5.82 Å². The largest absolute Gasteiger partial charge is 0.384 e. The summed E-state index contributed by atoms with van der Waals surface area (Å²) in [6.45, 7) is 2.07. The first-order valence-corrected chi connectivity index (χ1v) is 7.50. The molecule has 2 rings (SSSR count). The van der Waals surface area contributed by atoms with E-state index >= 15 is 0 Å². The molecule has 0 saturated carbocycles. The van der Waals surface area contributed by atoms with Crippen molar-refractivity contribution in [3.63, 3.8) is 0 Å². The van der Waals surface area contributed by atoms with Gasteiger partial charge >= 0.3 is 0 Å². The molecule has 0 aliphatic carbocycles. The second-order valence-electron chi connectivity index (χ2n) is 4.96. The summed E-state index contributed by atoms with van der Waals surface area (Å²) in [4.78, 5) is 20.2. The second kappa shape index (κ2) is 7.42. The van der Waals surface area contributed by atoms with Gasteiger partial charge in [-0.2, -0.15) is 0 Å². The van der Waals surface area contributed by atoms with Gasteiger partial charge in [0.05, 0.1) is 6.54 Å². The van der Waals surface area contributed by atoms with Crippen molar-refractivity contribution in [2.75, 3.05) is 5.73 Å². The van der Waals surface area contributed by atoms with Crippen LogP contribution in [-0.2, 0) is 17.8 Å². The number of carbonyl (C=O) groups excluding carboxylic acids is 1. The first-order chi connectivity index (χ1) is 10.5. The number of nitrogen functional groups attached to an aromatic ring is 1. The molecule has 7 heteroatoms. The number of anilines is 1.